The minimum Gasteiger partial charge on any atom is -0.289 e. The Morgan fingerprint density at radius 2 is 0.670 bits per heavy atom. The molecule has 15 rings (SSSR count). The van der Waals surface area contributed by atoms with Crippen molar-refractivity contribution in [3.05, 3.63) is 290 Å². The predicted octanol–water partition coefficient (Wildman–Crippen LogP) is 27.7. The highest BCUT2D eigenvalue weighted by atomic mass is 32.1. The van der Waals surface area contributed by atoms with Gasteiger partial charge in [-0.15, -0.1) is 45.3 Å². The number of rotatable bonds is 26. The quantitative estimate of drug-likeness (QED) is 0.0230. The molecular formula is C96H80F6N4O2S4. The summed E-state index contributed by atoms with van der Waals surface area (Å²) < 4.78 is 90.5. The van der Waals surface area contributed by atoms with Gasteiger partial charge >= 0.3 is 12.4 Å². The molecule has 0 spiro atoms. The average Bonchev–Trinajstić information content (AvgIpc) is 1.49. The highest BCUT2D eigenvalue weighted by Gasteiger charge is 2.55. The number of ketones is 2. The Kier molecular flexibility index (Phi) is 21.8. The molecule has 0 aliphatic heterocycles. The van der Waals surface area contributed by atoms with Gasteiger partial charge in [0.1, 0.15) is 35.4 Å². The lowest BCUT2D eigenvalue weighted by atomic mass is 9.65. The molecule has 11 aromatic rings. The molecule has 4 heterocycles. The minimum absolute atomic E-state index is 0.0281. The molecule has 0 saturated carbocycles. The summed E-state index contributed by atoms with van der Waals surface area (Å²) >= 11 is 6.23. The van der Waals surface area contributed by atoms with Crippen LogP contribution in [-0.2, 0) is 48.9 Å². The number of hydrogen-bond donors (Lipinski definition) is 0. The van der Waals surface area contributed by atoms with Crippen LogP contribution in [0.5, 0.6) is 0 Å². The van der Waals surface area contributed by atoms with Crippen molar-refractivity contribution in [2.75, 3.05) is 0 Å². The van der Waals surface area contributed by atoms with Crippen molar-refractivity contribution in [2.45, 2.75) is 179 Å². The van der Waals surface area contributed by atoms with Crippen LogP contribution in [0.1, 0.15) is 250 Å². The van der Waals surface area contributed by atoms with Crippen molar-refractivity contribution in [3.63, 3.8) is 0 Å². The number of thiophene rings is 4. The van der Waals surface area contributed by atoms with Crippen molar-refractivity contribution in [2.24, 2.45) is 0 Å². The topological polar surface area (TPSA) is 129 Å². The van der Waals surface area contributed by atoms with Gasteiger partial charge in [0.2, 0.25) is 0 Å². The smallest absolute Gasteiger partial charge is 0.289 e. The van der Waals surface area contributed by atoms with E-state index in [1.54, 1.807) is 34.8 Å². The molecule has 0 amide bonds. The molecular weight excluding hydrogens is 1480 g/mol. The number of Topliss-reactive ketones (excluding diaryl/α,β-unsaturated/α-hetero) is 2. The number of allylic oxidation sites excluding steroid dienone is 6. The lowest BCUT2D eigenvalue weighted by Gasteiger charge is -2.36. The molecule has 562 valence electrons. The van der Waals surface area contributed by atoms with Crippen LogP contribution >= 0.6 is 45.3 Å². The summed E-state index contributed by atoms with van der Waals surface area (Å²) in [5.41, 5.74) is 9.63. The number of unbranched alkanes of at least 4 members (excludes halogenated alkanes) is 12. The van der Waals surface area contributed by atoms with E-state index in [0.717, 1.165) is 249 Å². The zero-order valence-corrected chi connectivity index (χ0v) is 66.1. The number of carbonyl (C=O) groups excluding carboxylic acids is 2. The Bertz CT molecular complexity index is 5380. The highest BCUT2D eigenvalue weighted by Crippen LogP contribution is 2.68. The van der Waals surface area contributed by atoms with Gasteiger partial charge in [0.05, 0.1) is 31.4 Å². The van der Waals surface area contributed by atoms with Crippen LogP contribution in [0.3, 0.4) is 0 Å². The van der Waals surface area contributed by atoms with Gasteiger partial charge in [0.15, 0.2) is 11.6 Å². The first-order valence-corrected chi connectivity index (χ1v) is 42.3. The fourth-order valence-electron chi connectivity index (χ4n) is 17.6. The van der Waals surface area contributed by atoms with E-state index in [9.17, 15) is 57.0 Å². The standard InChI is InChI=1S/C96H80F6N4O2S4/c1-5-9-13-17-21-57-25-33-63(34-26-57)93(64-35-27-58(28-36-64)22-18-14-10-6-2)79-51-76-80(52-75(79)89-85(93)91-81(111-89)49-69(109-91)47-77-83(61(53-103)54-104)73-45-67(95(97,98)99)41-43-71(73)87(77)107)94(65-37-29-59(30-38-65)23-19-15-11-7-3,66-39-31-60(32-40-66)24-20-16-12-8-4)86-90(76)112-82-50-70(110-92(82)86)48-78-84(62(55-105)56-106)74-46-68(96(100,101)102)42-44-72(74)88(78)108/h25-52H,5-24H2,1-4H3/b77-47-,78-48-. The number of carbonyl (C=O) groups is 2. The Hall–Kier alpha value is -10.3. The van der Waals surface area contributed by atoms with Crippen LogP contribution in [0.2, 0.25) is 0 Å². The largest absolute Gasteiger partial charge is 0.416 e. The number of alkyl halides is 6. The van der Waals surface area contributed by atoms with Crippen LogP contribution in [-0.4, -0.2) is 11.6 Å². The van der Waals surface area contributed by atoms with Crippen LogP contribution < -0.4 is 0 Å². The van der Waals surface area contributed by atoms with Crippen molar-refractivity contribution in [1.29, 1.82) is 21.0 Å². The summed E-state index contributed by atoms with van der Waals surface area (Å²) in [6, 6.07) is 58.8. The van der Waals surface area contributed by atoms with E-state index in [0.29, 0.717) is 9.75 Å². The second kappa shape index (κ2) is 31.7. The monoisotopic (exact) mass is 1560 g/mol. The lowest BCUT2D eigenvalue weighted by Crippen LogP contribution is -2.30. The molecule has 16 heteroatoms. The second-order valence-corrected chi connectivity index (χ2v) is 34.3. The number of fused-ring (bicyclic) bond motifs is 12. The van der Waals surface area contributed by atoms with Gasteiger partial charge in [-0.1, -0.05) is 202 Å². The molecule has 7 aromatic carbocycles. The second-order valence-electron chi connectivity index (χ2n) is 30.0. The van der Waals surface area contributed by atoms with Crippen LogP contribution in [0.25, 0.3) is 63.0 Å². The van der Waals surface area contributed by atoms with Gasteiger partial charge in [0.25, 0.3) is 0 Å². The van der Waals surface area contributed by atoms with E-state index >= 15 is 0 Å². The SMILES string of the molecule is CCCCCCc1ccc(C2(c3ccc(CCCCCC)cc3)c3cc4c(cc3-c3sc5cc(/C=C6\C(=O)c7ccc(C(F)(F)F)cc7C6=C(C#N)C#N)sc5c32)C(c2ccc(CCCCCC)cc2)(c2ccc(CCCCCC)cc2)c2c-4sc3cc(/C=C4\C(=O)c5ccc(C(F)(F)F)cc5C4=C(C#N)C#N)sc23)cc1. The normalized spacial score (nSPS) is 15.0. The molecule has 0 radical (unpaired) electrons. The van der Waals surface area contributed by atoms with E-state index in [2.05, 4.69) is 137 Å². The van der Waals surface area contributed by atoms with Gasteiger partial charge in [-0.3, -0.25) is 9.59 Å². The highest BCUT2D eigenvalue weighted by molar-refractivity contribution is 7.31. The molecule has 0 unspecified atom stereocenters. The number of halogens is 6. The van der Waals surface area contributed by atoms with Crippen LogP contribution in [0.15, 0.2) is 180 Å². The molecule has 4 aliphatic rings. The molecule has 0 saturated heterocycles. The fraction of sp³-hybridized carbons (Fsp3) is 0.292. The van der Waals surface area contributed by atoms with Crippen LogP contribution in [0.4, 0.5) is 26.3 Å². The summed E-state index contributed by atoms with van der Waals surface area (Å²) in [4.78, 5) is 32.8. The molecule has 6 nitrogen and oxygen atoms in total. The average molecular weight is 1560 g/mol. The summed E-state index contributed by atoms with van der Waals surface area (Å²) in [6.45, 7) is 8.85. The molecule has 4 aromatic heterocycles. The molecule has 0 N–H and O–H groups in total. The number of aryl methyl sites for hydroxylation is 4. The van der Waals surface area contributed by atoms with Gasteiger partial charge in [-0.05, 0) is 202 Å². The summed E-state index contributed by atoms with van der Waals surface area (Å²) in [5, 5.41) is 41.8. The third kappa shape index (κ3) is 13.6. The summed E-state index contributed by atoms with van der Waals surface area (Å²) in [7, 11) is 0. The molecule has 0 atom stereocenters. The molecule has 4 aliphatic carbocycles. The molecule has 112 heavy (non-hydrogen) atoms. The van der Waals surface area contributed by atoms with E-state index in [4.69, 9.17) is 0 Å². The summed E-state index contributed by atoms with van der Waals surface area (Å²) in [6.07, 6.45) is 15.0. The van der Waals surface area contributed by atoms with Gasteiger partial charge in [0, 0.05) is 73.5 Å². The van der Waals surface area contributed by atoms with Gasteiger partial charge in [-0.2, -0.15) is 47.4 Å². The van der Waals surface area contributed by atoms with Gasteiger partial charge < -0.3 is 0 Å². The Morgan fingerprint density at radius 1 is 0.366 bits per heavy atom. The van der Waals surface area contributed by atoms with E-state index < -0.39 is 57.0 Å². The number of benzene rings is 7. The number of nitriles is 4. The number of hydrogen-bond acceptors (Lipinski definition) is 10. The third-order valence-corrected chi connectivity index (χ3v) is 27.9. The Morgan fingerprint density at radius 3 is 0.946 bits per heavy atom. The molecule has 0 bridgehead atoms. The van der Waals surface area contributed by atoms with Crippen LogP contribution in [0, 0.1) is 45.3 Å². The first-order valence-electron chi connectivity index (χ1n) is 39.0. The van der Waals surface area contributed by atoms with E-state index in [1.807, 2.05) is 36.4 Å². The first-order chi connectivity index (χ1) is 54.3. The maximum Gasteiger partial charge on any atom is 0.416 e. The predicted molar refractivity (Wildman–Crippen MR) is 443 cm³/mol. The maximum atomic E-state index is 14.7. The Balaban J connectivity index is 1.01. The van der Waals surface area contributed by atoms with Crippen molar-refractivity contribution < 1.29 is 35.9 Å². The molecule has 0 fully saturated rings. The zero-order valence-electron chi connectivity index (χ0n) is 62.8. The van der Waals surface area contributed by atoms with Crippen molar-refractivity contribution in [3.8, 4) is 45.2 Å². The van der Waals surface area contributed by atoms with Crippen molar-refractivity contribution >= 4 is 99.0 Å². The van der Waals surface area contributed by atoms with Crippen molar-refractivity contribution in [1.82, 2.24) is 0 Å². The maximum absolute atomic E-state index is 14.7. The van der Waals surface area contributed by atoms with Gasteiger partial charge in [-0.25, -0.2) is 0 Å². The minimum atomic E-state index is -4.77. The van der Waals surface area contributed by atoms with E-state index in [1.165, 1.54) is 44.9 Å². The number of nitrogens with zero attached hydrogens (tertiary/aromatic N) is 4. The first kappa shape index (κ1) is 77.0. The fourth-order valence-corrected chi connectivity index (χ4v) is 23.0. The Labute approximate surface area is 665 Å². The third-order valence-electron chi connectivity index (χ3n) is 23.1. The lowest BCUT2D eigenvalue weighted by molar-refractivity contribution is -0.138. The zero-order chi connectivity index (χ0) is 78.4. The summed E-state index contributed by atoms with van der Waals surface area (Å²) in [5.74, 6) is -1.18. The van der Waals surface area contributed by atoms with E-state index in [-0.39, 0.29) is 44.5 Å².